The third-order valence-electron chi connectivity index (χ3n) is 7.26. The van der Waals surface area contributed by atoms with Crippen molar-refractivity contribution in [3.05, 3.63) is 87.4 Å². The van der Waals surface area contributed by atoms with Gasteiger partial charge in [-0.2, -0.15) is 5.26 Å². The number of anilines is 2. The minimum atomic E-state index is -0.511. The third-order valence-corrected chi connectivity index (χ3v) is 7.82. The number of benzene rings is 2. The van der Waals surface area contributed by atoms with Crippen LogP contribution in [-0.4, -0.2) is 36.7 Å². The molecule has 2 N–H and O–H groups in total. The summed E-state index contributed by atoms with van der Waals surface area (Å²) in [6.45, 7) is 8.80. The second-order valence-electron chi connectivity index (χ2n) is 11.8. The van der Waals surface area contributed by atoms with Gasteiger partial charge in [0.1, 0.15) is 17.3 Å². The number of halogens is 2. The maximum absolute atomic E-state index is 9.85. The molecule has 1 atom stereocenters. The summed E-state index contributed by atoms with van der Waals surface area (Å²) in [5.41, 5.74) is 3.36. The number of hydrogen-bond acceptors (Lipinski definition) is 9. The summed E-state index contributed by atoms with van der Waals surface area (Å²) in [6.07, 6.45) is 5.10. The monoisotopic (exact) mass is 601 g/mol. The Bertz CT molecular complexity index is 1830. The van der Waals surface area contributed by atoms with Crippen LogP contribution in [-0.2, 0) is 5.54 Å². The fraction of sp³-hybridized carbons (Fsp3) is 0.333. The molecule has 3 heterocycles. The lowest BCUT2D eigenvalue weighted by atomic mass is 9.96. The fourth-order valence-electron chi connectivity index (χ4n) is 4.94. The smallest absolute Gasteiger partial charge is 0.244 e. The zero-order valence-electron chi connectivity index (χ0n) is 23.6. The van der Waals surface area contributed by atoms with Gasteiger partial charge in [-0.05, 0) is 42.0 Å². The van der Waals surface area contributed by atoms with E-state index in [1.165, 1.54) is 0 Å². The van der Waals surface area contributed by atoms with Gasteiger partial charge in [0.15, 0.2) is 0 Å². The molecule has 2 aromatic carbocycles. The summed E-state index contributed by atoms with van der Waals surface area (Å²) in [6, 6.07) is 13.0. The Hall–Kier alpha value is -4.20. The van der Waals surface area contributed by atoms with E-state index in [2.05, 4.69) is 63.0 Å². The molecule has 0 aliphatic heterocycles. The van der Waals surface area contributed by atoms with Crippen molar-refractivity contribution in [1.29, 1.82) is 5.26 Å². The van der Waals surface area contributed by atoms with Crippen molar-refractivity contribution in [3.63, 3.8) is 0 Å². The Balaban J connectivity index is 1.44. The number of fused-ring (bicyclic) bond motifs is 1. The van der Waals surface area contributed by atoms with Crippen molar-refractivity contribution in [2.75, 3.05) is 17.2 Å². The van der Waals surface area contributed by atoms with E-state index in [1.54, 1.807) is 17.8 Å². The first-order chi connectivity index (χ1) is 20.1. The first-order valence-electron chi connectivity index (χ1n) is 13.6. The highest BCUT2D eigenvalue weighted by atomic mass is 35.5. The van der Waals surface area contributed by atoms with Gasteiger partial charge in [-0.15, -0.1) is 15.3 Å². The number of nitrogens with zero attached hydrogens (tertiary/aromatic N) is 7. The summed E-state index contributed by atoms with van der Waals surface area (Å²) in [4.78, 5) is 4.67. The molecule has 0 amide bonds. The Morgan fingerprint density at radius 1 is 1.14 bits per heavy atom. The SMILES string of the molecule is Cc1nnc(C2(n3cc([C@@H](Nc4cc(Cl)cc5c(NCC(C)(C)C)c(C#N)cnc45)c4ccccc4Cl)nn3)CC2)o1. The lowest BCUT2D eigenvalue weighted by Crippen LogP contribution is -2.20. The maximum atomic E-state index is 9.85. The highest BCUT2D eigenvalue weighted by molar-refractivity contribution is 6.32. The number of nitriles is 1. The van der Waals surface area contributed by atoms with Gasteiger partial charge >= 0.3 is 0 Å². The number of nitrogens with one attached hydrogen (secondary N) is 2. The van der Waals surface area contributed by atoms with Crippen LogP contribution in [0.15, 0.2) is 53.2 Å². The fourth-order valence-corrected chi connectivity index (χ4v) is 5.41. The first-order valence-corrected chi connectivity index (χ1v) is 14.3. The minimum absolute atomic E-state index is 0.0121. The van der Waals surface area contributed by atoms with Gasteiger partial charge in [-0.1, -0.05) is 67.4 Å². The summed E-state index contributed by atoms with van der Waals surface area (Å²) in [5.74, 6) is 1.02. The topological polar surface area (TPSA) is 130 Å². The molecule has 0 saturated heterocycles. The zero-order chi connectivity index (χ0) is 29.6. The normalized spacial score (nSPS) is 14.9. The predicted octanol–water partition coefficient (Wildman–Crippen LogP) is 6.89. The molecule has 42 heavy (non-hydrogen) atoms. The molecule has 0 unspecified atom stereocenters. The van der Waals surface area contributed by atoms with Crippen LogP contribution in [0.3, 0.4) is 0 Å². The van der Waals surface area contributed by atoms with Gasteiger partial charge in [-0.3, -0.25) is 4.98 Å². The Labute approximate surface area is 253 Å². The second-order valence-corrected chi connectivity index (χ2v) is 12.6. The quantitative estimate of drug-likeness (QED) is 0.195. The molecule has 5 aromatic rings. The van der Waals surface area contributed by atoms with Crippen LogP contribution in [0.4, 0.5) is 11.4 Å². The zero-order valence-corrected chi connectivity index (χ0v) is 25.1. The molecule has 1 aliphatic carbocycles. The van der Waals surface area contributed by atoms with E-state index in [9.17, 15) is 5.26 Å². The molecular formula is C30H29Cl2N9O. The molecule has 0 bridgehead atoms. The molecule has 10 nitrogen and oxygen atoms in total. The van der Waals surface area contributed by atoms with Crippen LogP contribution < -0.4 is 10.6 Å². The number of pyridine rings is 1. The number of aryl methyl sites for hydroxylation is 1. The van der Waals surface area contributed by atoms with Gasteiger partial charge in [0, 0.05) is 35.1 Å². The lowest BCUT2D eigenvalue weighted by Gasteiger charge is -2.23. The predicted molar refractivity (Wildman–Crippen MR) is 162 cm³/mol. The van der Waals surface area contributed by atoms with Gasteiger partial charge in [0.2, 0.25) is 11.8 Å². The number of hydrogen-bond donors (Lipinski definition) is 2. The summed E-state index contributed by atoms with van der Waals surface area (Å²) < 4.78 is 7.56. The molecular weight excluding hydrogens is 573 g/mol. The van der Waals surface area contributed by atoms with E-state index in [-0.39, 0.29) is 5.41 Å². The summed E-state index contributed by atoms with van der Waals surface area (Å²) in [5, 5.41) is 36.0. The number of rotatable bonds is 8. The molecule has 1 saturated carbocycles. The van der Waals surface area contributed by atoms with E-state index in [0.717, 1.165) is 23.8 Å². The first kappa shape index (κ1) is 27.9. The minimum Gasteiger partial charge on any atom is -0.423 e. The largest absolute Gasteiger partial charge is 0.423 e. The molecule has 1 fully saturated rings. The Kier molecular flexibility index (Phi) is 7.03. The third kappa shape index (κ3) is 5.26. The van der Waals surface area contributed by atoms with E-state index < -0.39 is 11.6 Å². The summed E-state index contributed by atoms with van der Waals surface area (Å²) in [7, 11) is 0. The van der Waals surface area contributed by atoms with Crippen LogP contribution in [0, 0.1) is 23.7 Å². The van der Waals surface area contributed by atoms with Gasteiger partial charge < -0.3 is 15.1 Å². The van der Waals surface area contributed by atoms with Crippen molar-refractivity contribution < 1.29 is 4.42 Å². The number of aromatic nitrogens is 6. The van der Waals surface area contributed by atoms with Gasteiger partial charge in [-0.25, -0.2) is 4.68 Å². The molecule has 0 spiro atoms. The highest BCUT2D eigenvalue weighted by Crippen LogP contribution is 2.48. The van der Waals surface area contributed by atoms with Crippen molar-refractivity contribution in [2.45, 2.75) is 52.1 Å². The van der Waals surface area contributed by atoms with Crippen LogP contribution in [0.1, 0.15) is 68.3 Å². The highest BCUT2D eigenvalue weighted by Gasteiger charge is 2.52. The van der Waals surface area contributed by atoms with Crippen LogP contribution >= 0.6 is 23.2 Å². The van der Waals surface area contributed by atoms with Gasteiger partial charge in [0.05, 0.1) is 34.7 Å². The van der Waals surface area contributed by atoms with E-state index in [0.29, 0.717) is 56.5 Å². The second kappa shape index (κ2) is 10.6. The van der Waals surface area contributed by atoms with Crippen molar-refractivity contribution in [1.82, 2.24) is 30.2 Å². The van der Waals surface area contributed by atoms with Crippen LogP contribution in [0.25, 0.3) is 10.9 Å². The van der Waals surface area contributed by atoms with E-state index in [1.807, 2.05) is 42.6 Å². The average Bonchev–Trinajstić information content (AvgIpc) is 3.38. The van der Waals surface area contributed by atoms with Gasteiger partial charge in [0.25, 0.3) is 0 Å². The molecule has 0 radical (unpaired) electrons. The molecule has 3 aromatic heterocycles. The lowest BCUT2D eigenvalue weighted by molar-refractivity contribution is 0.359. The standard InChI is InChI=1S/C30H29Cl2N9O/c1-17-37-39-28(42-17)30(9-10-30)41-15-24(38-40-41)27(20-7-5-6-8-22(20)32)36-23-12-19(31)11-21-25(35-16-29(2,3)4)18(13-33)14-34-26(21)23/h5-8,11-12,14-15,27,36H,9-10,16H2,1-4H3,(H,34,35)/t27-/m0/s1. The van der Waals surface area contributed by atoms with Crippen molar-refractivity contribution >= 4 is 45.5 Å². The van der Waals surface area contributed by atoms with Crippen molar-refractivity contribution in [2.24, 2.45) is 5.41 Å². The molecule has 6 rings (SSSR count). The Morgan fingerprint density at radius 3 is 2.60 bits per heavy atom. The van der Waals surface area contributed by atoms with Crippen LogP contribution in [0.5, 0.6) is 0 Å². The molecule has 1 aliphatic rings. The summed E-state index contributed by atoms with van der Waals surface area (Å²) >= 11 is 13.4. The van der Waals surface area contributed by atoms with Crippen molar-refractivity contribution in [3.8, 4) is 6.07 Å². The molecule has 214 valence electrons. The average molecular weight is 603 g/mol. The van der Waals surface area contributed by atoms with Crippen LogP contribution in [0.2, 0.25) is 10.0 Å². The Morgan fingerprint density at radius 2 is 1.93 bits per heavy atom. The molecule has 12 heteroatoms. The maximum Gasteiger partial charge on any atom is 0.244 e. The van der Waals surface area contributed by atoms with E-state index >= 15 is 0 Å². The van der Waals surface area contributed by atoms with E-state index in [4.69, 9.17) is 27.6 Å².